The molecule has 0 fully saturated rings. The molecule has 3 aromatic rings. The topological polar surface area (TPSA) is 22.0 Å². The first-order valence-electron chi connectivity index (χ1n) is 5.54. The first-order valence-corrected chi connectivity index (χ1v) is 7.21. The molecule has 0 spiro atoms. The zero-order chi connectivity index (χ0) is 12.5. The van der Waals surface area contributed by atoms with Crippen LogP contribution in [-0.4, -0.2) is 10.9 Å². The van der Waals surface area contributed by atoms with Gasteiger partial charge in [0.25, 0.3) is 0 Å². The quantitative estimate of drug-likeness (QED) is 0.659. The molecule has 0 atom stereocenters. The second kappa shape index (κ2) is 4.71. The molecule has 0 bridgehead atoms. The van der Waals surface area contributed by atoms with Gasteiger partial charge >= 0.3 is 0 Å². The van der Waals surface area contributed by atoms with Crippen LogP contribution in [0.5, 0.6) is 0 Å². The maximum Gasteiger partial charge on any atom is 0.150 e. The van der Waals surface area contributed by atoms with Gasteiger partial charge in [-0.1, -0.05) is 0 Å². The van der Waals surface area contributed by atoms with E-state index in [4.69, 9.17) is 0 Å². The van der Waals surface area contributed by atoms with Gasteiger partial charge in [0.2, 0.25) is 0 Å². The number of aromatic nitrogens is 1. The van der Waals surface area contributed by atoms with E-state index in [-0.39, 0.29) is 0 Å². The van der Waals surface area contributed by atoms with Gasteiger partial charge in [0, 0.05) is 32.0 Å². The van der Waals surface area contributed by atoms with E-state index in [0.717, 1.165) is 33.8 Å². The van der Waals surface area contributed by atoms with E-state index in [1.807, 2.05) is 24.3 Å². The SMILES string of the molecule is O=Cc1ccc2c(ccn2Cc2sccc2Br)c1. The lowest BCUT2D eigenvalue weighted by molar-refractivity contribution is 0.112. The molecule has 2 nitrogen and oxygen atoms in total. The lowest BCUT2D eigenvalue weighted by atomic mass is 10.2. The Morgan fingerprint density at radius 3 is 2.89 bits per heavy atom. The van der Waals surface area contributed by atoms with Crippen LogP contribution in [0.3, 0.4) is 0 Å². The molecule has 0 radical (unpaired) electrons. The Bertz CT molecular complexity index is 713. The summed E-state index contributed by atoms with van der Waals surface area (Å²) in [6, 6.07) is 9.89. The first kappa shape index (κ1) is 11.7. The van der Waals surface area contributed by atoms with Crippen molar-refractivity contribution in [1.29, 1.82) is 0 Å². The minimum Gasteiger partial charge on any atom is -0.342 e. The number of hydrogen-bond donors (Lipinski definition) is 0. The molecule has 0 aliphatic carbocycles. The second-order valence-electron chi connectivity index (χ2n) is 4.07. The fraction of sp³-hybridized carbons (Fsp3) is 0.0714. The molecule has 2 heterocycles. The fourth-order valence-electron chi connectivity index (χ4n) is 2.02. The van der Waals surface area contributed by atoms with Crippen LogP contribution in [0.15, 0.2) is 46.4 Å². The number of carbonyl (C=O) groups is 1. The smallest absolute Gasteiger partial charge is 0.150 e. The lowest BCUT2D eigenvalue weighted by Gasteiger charge is -2.04. The Morgan fingerprint density at radius 1 is 1.28 bits per heavy atom. The average molecular weight is 320 g/mol. The number of aldehydes is 1. The van der Waals surface area contributed by atoms with Crippen molar-refractivity contribution in [2.75, 3.05) is 0 Å². The summed E-state index contributed by atoms with van der Waals surface area (Å²) in [4.78, 5) is 12.0. The van der Waals surface area contributed by atoms with Crippen molar-refractivity contribution in [3.8, 4) is 0 Å². The number of thiophene rings is 1. The van der Waals surface area contributed by atoms with Gasteiger partial charge in [-0.05, 0) is 51.6 Å². The Morgan fingerprint density at radius 2 is 2.17 bits per heavy atom. The highest BCUT2D eigenvalue weighted by Gasteiger charge is 2.06. The van der Waals surface area contributed by atoms with Crippen molar-refractivity contribution < 1.29 is 4.79 Å². The monoisotopic (exact) mass is 319 g/mol. The van der Waals surface area contributed by atoms with Crippen molar-refractivity contribution in [3.05, 3.63) is 56.8 Å². The summed E-state index contributed by atoms with van der Waals surface area (Å²) in [6.45, 7) is 0.849. The van der Waals surface area contributed by atoms with Gasteiger partial charge in [-0.3, -0.25) is 4.79 Å². The van der Waals surface area contributed by atoms with E-state index in [0.29, 0.717) is 0 Å². The van der Waals surface area contributed by atoms with Gasteiger partial charge in [-0.15, -0.1) is 11.3 Å². The van der Waals surface area contributed by atoms with E-state index >= 15 is 0 Å². The molecular weight excluding hydrogens is 310 g/mol. The molecule has 0 saturated carbocycles. The summed E-state index contributed by atoms with van der Waals surface area (Å²) in [5.74, 6) is 0. The molecule has 0 amide bonds. The molecule has 2 aromatic heterocycles. The fourth-order valence-corrected chi connectivity index (χ4v) is 3.50. The molecule has 1 aromatic carbocycles. The van der Waals surface area contributed by atoms with Crippen LogP contribution < -0.4 is 0 Å². The summed E-state index contributed by atoms with van der Waals surface area (Å²) in [5, 5.41) is 3.18. The molecule has 0 unspecified atom stereocenters. The molecule has 0 saturated heterocycles. The third kappa shape index (κ3) is 2.02. The van der Waals surface area contributed by atoms with E-state index < -0.39 is 0 Å². The summed E-state index contributed by atoms with van der Waals surface area (Å²) < 4.78 is 3.35. The van der Waals surface area contributed by atoms with Crippen LogP contribution in [0.1, 0.15) is 15.2 Å². The summed E-state index contributed by atoms with van der Waals surface area (Å²) in [6.07, 6.45) is 2.94. The molecule has 0 aliphatic heterocycles. The maximum absolute atomic E-state index is 10.7. The van der Waals surface area contributed by atoms with E-state index in [9.17, 15) is 4.79 Å². The number of fused-ring (bicyclic) bond motifs is 1. The van der Waals surface area contributed by atoms with Crippen LogP contribution in [-0.2, 0) is 6.54 Å². The van der Waals surface area contributed by atoms with Crippen LogP contribution in [0, 0.1) is 0 Å². The van der Waals surface area contributed by atoms with Crippen molar-refractivity contribution in [3.63, 3.8) is 0 Å². The number of benzene rings is 1. The Balaban J connectivity index is 2.03. The Hall–Kier alpha value is -1.39. The molecule has 3 rings (SSSR count). The molecule has 4 heteroatoms. The number of nitrogens with zero attached hydrogens (tertiary/aromatic N) is 1. The zero-order valence-electron chi connectivity index (χ0n) is 9.47. The van der Waals surface area contributed by atoms with Crippen LogP contribution in [0.4, 0.5) is 0 Å². The van der Waals surface area contributed by atoms with E-state index in [1.165, 1.54) is 4.88 Å². The Labute approximate surface area is 117 Å². The number of halogens is 1. The molecular formula is C14H10BrNOS. The summed E-state index contributed by atoms with van der Waals surface area (Å²) in [7, 11) is 0. The number of carbonyl (C=O) groups excluding carboxylic acids is 1. The first-order chi connectivity index (χ1) is 8.78. The molecule has 0 aliphatic rings. The molecule has 0 N–H and O–H groups in total. The van der Waals surface area contributed by atoms with Crippen molar-refractivity contribution in [2.24, 2.45) is 0 Å². The van der Waals surface area contributed by atoms with Gasteiger partial charge in [-0.2, -0.15) is 0 Å². The van der Waals surface area contributed by atoms with Crippen molar-refractivity contribution >= 4 is 44.5 Å². The minimum absolute atomic E-state index is 0.720. The predicted octanol–water partition coefficient (Wildman–Crippen LogP) is 4.33. The van der Waals surface area contributed by atoms with Crippen LogP contribution >= 0.6 is 27.3 Å². The van der Waals surface area contributed by atoms with E-state index in [1.54, 1.807) is 11.3 Å². The van der Waals surface area contributed by atoms with Crippen LogP contribution in [0.25, 0.3) is 10.9 Å². The van der Waals surface area contributed by atoms with Crippen molar-refractivity contribution in [1.82, 2.24) is 4.57 Å². The normalized spacial score (nSPS) is 10.9. The maximum atomic E-state index is 10.7. The van der Waals surface area contributed by atoms with Gasteiger partial charge in [0.15, 0.2) is 0 Å². The predicted molar refractivity (Wildman–Crippen MR) is 78.4 cm³/mol. The van der Waals surface area contributed by atoms with Gasteiger partial charge in [0.05, 0.1) is 6.54 Å². The van der Waals surface area contributed by atoms with Gasteiger partial charge in [0.1, 0.15) is 6.29 Å². The van der Waals surface area contributed by atoms with Crippen molar-refractivity contribution in [2.45, 2.75) is 6.54 Å². The van der Waals surface area contributed by atoms with Gasteiger partial charge < -0.3 is 4.57 Å². The zero-order valence-corrected chi connectivity index (χ0v) is 11.9. The Kier molecular flexibility index (Phi) is 3.06. The highest BCUT2D eigenvalue weighted by atomic mass is 79.9. The summed E-state index contributed by atoms with van der Waals surface area (Å²) in [5.41, 5.74) is 1.87. The summed E-state index contributed by atoms with van der Waals surface area (Å²) >= 11 is 5.29. The number of hydrogen-bond acceptors (Lipinski definition) is 2. The number of rotatable bonds is 3. The van der Waals surface area contributed by atoms with Gasteiger partial charge in [-0.25, -0.2) is 0 Å². The lowest BCUT2D eigenvalue weighted by Crippen LogP contribution is -1.96. The van der Waals surface area contributed by atoms with Crippen LogP contribution in [0.2, 0.25) is 0 Å². The highest BCUT2D eigenvalue weighted by Crippen LogP contribution is 2.25. The van der Waals surface area contributed by atoms with E-state index in [2.05, 4.69) is 38.1 Å². The molecule has 18 heavy (non-hydrogen) atoms. The molecule has 90 valence electrons. The highest BCUT2D eigenvalue weighted by molar-refractivity contribution is 9.10. The minimum atomic E-state index is 0.720. The third-order valence-electron chi connectivity index (χ3n) is 2.94. The third-order valence-corrected chi connectivity index (χ3v) is 4.85. The average Bonchev–Trinajstić information content (AvgIpc) is 2.97. The standard InChI is InChI=1S/C14H10BrNOS/c15-12-4-6-18-14(12)8-16-5-3-11-7-10(9-17)1-2-13(11)16/h1-7,9H,8H2. The second-order valence-corrected chi connectivity index (χ2v) is 5.93. The largest absolute Gasteiger partial charge is 0.342 e.